The number of hydrogen-bond acceptors (Lipinski definition) is 4. The van der Waals surface area contributed by atoms with E-state index in [1.54, 1.807) is 0 Å². The predicted molar refractivity (Wildman–Crippen MR) is 75.9 cm³/mol. The molecule has 1 saturated carbocycles. The Balaban J connectivity index is 1.88. The van der Waals surface area contributed by atoms with Crippen LogP contribution in [0.25, 0.3) is 0 Å². The highest BCUT2D eigenvalue weighted by Crippen LogP contribution is 2.24. The first-order chi connectivity index (χ1) is 9.06. The van der Waals surface area contributed by atoms with E-state index in [-0.39, 0.29) is 12.1 Å². The molecule has 0 saturated heterocycles. The molecule has 4 heteroatoms. The predicted octanol–water partition coefficient (Wildman–Crippen LogP) is 2.30. The summed E-state index contributed by atoms with van der Waals surface area (Å²) in [5.74, 6) is 1.42. The van der Waals surface area contributed by atoms with E-state index in [0.717, 1.165) is 37.3 Å². The van der Waals surface area contributed by atoms with Crippen LogP contribution in [-0.2, 0) is 0 Å². The normalized spacial score (nSPS) is 25.3. The lowest BCUT2D eigenvalue weighted by molar-refractivity contribution is 0.0998. The van der Waals surface area contributed by atoms with Crippen molar-refractivity contribution in [3.63, 3.8) is 0 Å². The van der Waals surface area contributed by atoms with Crippen molar-refractivity contribution >= 4 is 0 Å². The highest BCUT2D eigenvalue weighted by molar-refractivity contribution is 5.19. The molecule has 0 aromatic carbocycles. The highest BCUT2D eigenvalue weighted by Gasteiger charge is 2.20. The summed E-state index contributed by atoms with van der Waals surface area (Å²) in [6, 6.07) is 0.264. The van der Waals surface area contributed by atoms with E-state index in [1.165, 1.54) is 12.0 Å². The third-order valence-electron chi connectivity index (χ3n) is 4.07. The number of aryl methyl sites for hydroxylation is 2. The third kappa shape index (κ3) is 3.98. The summed E-state index contributed by atoms with van der Waals surface area (Å²) in [4.78, 5) is 8.69. The smallest absolute Gasteiger partial charge is 0.125 e. The summed E-state index contributed by atoms with van der Waals surface area (Å²) in [6.07, 6.45) is 6.10. The monoisotopic (exact) mass is 263 g/mol. The van der Waals surface area contributed by atoms with Crippen LogP contribution in [0, 0.1) is 19.8 Å². The summed E-state index contributed by atoms with van der Waals surface area (Å²) >= 11 is 0. The van der Waals surface area contributed by atoms with Gasteiger partial charge in [-0.3, -0.25) is 0 Å². The fraction of sp³-hybridized carbons (Fsp3) is 0.733. The maximum absolute atomic E-state index is 9.69. The maximum atomic E-state index is 9.69. The number of aliphatic hydroxyl groups excluding tert-OH is 1. The van der Waals surface area contributed by atoms with Gasteiger partial charge in [0.05, 0.1) is 6.10 Å². The molecule has 1 aliphatic rings. The Morgan fingerprint density at radius 1 is 1.42 bits per heavy atom. The Labute approximate surface area is 115 Å². The number of hydrogen-bond donors (Lipinski definition) is 2. The zero-order chi connectivity index (χ0) is 13.8. The molecule has 2 N–H and O–H groups in total. The minimum Gasteiger partial charge on any atom is -0.393 e. The number of rotatable bonds is 4. The standard InChI is InChI=1S/C15H25N3O/c1-10(15-9-17-12(3)18-11(15)2)16-8-13-5-4-6-14(19)7-13/h9-10,13-14,16,19H,4-8H2,1-3H3. The second-order valence-electron chi connectivity index (χ2n) is 5.77. The molecule has 0 spiro atoms. The van der Waals surface area contributed by atoms with Gasteiger partial charge in [-0.15, -0.1) is 0 Å². The lowest BCUT2D eigenvalue weighted by Crippen LogP contribution is -2.31. The summed E-state index contributed by atoms with van der Waals surface area (Å²) < 4.78 is 0. The number of aromatic nitrogens is 2. The molecule has 1 aromatic heterocycles. The molecule has 0 aliphatic heterocycles. The van der Waals surface area contributed by atoms with Gasteiger partial charge < -0.3 is 10.4 Å². The van der Waals surface area contributed by atoms with Crippen LogP contribution in [0.4, 0.5) is 0 Å². The van der Waals surface area contributed by atoms with E-state index in [2.05, 4.69) is 22.2 Å². The van der Waals surface area contributed by atoms with Gasteiger partial charge in [-0.2, -0.15) is 0 Å². The largest absolute Gasteiger partial charge is 0.393 e. The first-order valence-electron chi connectivity index (χ1n) is 7.28. The lowest BCUT2D eigenvalue weighted by Gasteiger charge is -2.27. The summed E-state index contributed by atoms with van der Waals surface area (Å²) in [5, 5.41) is 13.2. The molecule has 4 nitrogen and oxygen atoms in total. The second-order valence-corrected chi connectivity index (χ2v) is 5.77. The average Bonchev–Trinajstić information content (AvgIpc) is 2.36. The van der Waals surface area contributed by atoms with Crippen molar-refractivity contribution in [1.29, 1.82) is 0 Å². The Bertz CT molecular complexity index is 422. The Kier molecular flexibility index (Phi) is 4.88. The molecule has 2 rings (SSSR count). The minimum absolute atomic E-state index is 0.0969. The van der Waals surface area contributed by atoms with Gasteiger partial charge in [-0.1, -0.05) is 6.42 Å². The van der Waals surface area contributed by atoms with Crippen molar-refractivity contribution < 1.29 is 5.11 Å². The van der Waals surface area contributed by atoms with E-state index in [4.69, 9.17) is 0 Å². The van der Waals surface area contributed by atoms with E-state index >= 15 is 0 Å². The van der Waals surface area contributed by atoms with Gasteiger partial charge in [0.1, 0.15) is 5.82 Å². The van der Waals surface area contributed by atoms with Crippen LogP contribution in [0.3, 0.4) is 0 Å². The minimum atomic E-state index is -0.0969. The fourth-order valence-electron chi connectivity index (χ4n) is 2.92. The van der Waals surface area contributed by atoms with Gasteiger partial charge in [-0.05, 0) is 52.5 Å². The lowest BCUT2D eigenvalue weighted by atomic mass is 9.87. The van der Waals surface area contributed by atoms with Crippen molar-refractivity contribution in [2.45, 2.75) is 58.6 Å². The second kappa shape index (κ2) is 6.44. The molecule has 3 unspecified atom stereocenters. The van der Waals surface area contributed by atoms with Crippen LogP contribution >= 0.6 is 0 Å². The molecule has 0 bridgehead atoms. The summed E-state index contributed by atoms with van der Waals surface area (Å²) in [7, 11) is 0. The Morgan fingerprint density at radius 3 is 2.89 bits per heavy atom. The van der Waals surface area contributed by atoms with Crippen molar-refractivity contribution in [2.75, 3.05) is 6.54 Å². The van der Waals surface area contributed by atoms with Gasteiger partial charge in [0, 0.05) is 23.5 Å². The van der Waals surface area contributed by atoms with E-state index in [0.29, 0.717) is 5.92 Å². The van der Waals surface area contributed by atoms with Gasteiger partial charge in [0.15, 0.2) is 0 Å². The van der Waals surface area contributed by atoms with Crippen LogP contribution < -0.4 is 5.32 Å². The number of aliphatic hydroxyl groups is 1. The summed E-state index contributed by atoms with van der Waals surface area (Å²) in [6.45, 7) is 7.07. The van der Waals surface area contributed by atoms with Gasteiger partial charge in [-0.25, -0.2) is 9.97 Å². The third-order valence-corrected chi connectivity index (χ3v) is 4.07. The van der Waals surface area contributed by atoms with E-state index < -0.39 is 0 Å². The molecule has 3 atom stereocenters. The first kappa shape index (κ1) is 14.4. The molecular weight excluding hydrogens is 238 g/mol. The maximum Gasteiger partial charge on any atom is 0.125 e. The number of nitrogens with one attached hydrogen (secondary N) is 1. The van der Waals surface area contributed by atoms with E-state index in [9.17, 15) is 5.11 Å². The quantitative estimate of drug-likeness (QED) is 0.875. The van der Waals surface area contributed by atoms with Crippen molar-refractivity contribution in [3.8, 4) is 0 Å². The van der Waals surface area contributed by atoms with Crippen LogP contribution in [0.2, 0.25) is 0 Å². The molecule has 1 heterocycles. The molecule has 0 amide bonds. The topological polar surface area (TPSA) is 58.0 Å². The van der Waals surface area contributed by atoms with Crippen LogP contribution in [0.15, 0.2) is 6.20 Å². The zero-order valence-electron chi connectivity index (χ0n) is 12.2. The molecule has 19 heavy (non-hydrogen) atoms. The zero-order valence-corrected chi connectivity index (χ0v) is 12.2. The van der Waals surface area contributed by atoms with Gasteiger partial charge in [0.25, 0.3) is 0 Å². The highest BCUT2D eigenvalue weighted by atomic mass is 16.3. The van der Waals surface area contributed by atoms with Crippen LogP contribution in [-0.4, -0.2) is 27.7 Å². The van der Waals surface area contributed by atoms with E-state index in [1.807, 2.05) is 20.0 Å². The Hall–Kier alpha value is -1.00. The van der Waals surface area contributed by atoms with Crippen molar-refractivity contribution in [2.24, 2.45) is 5.92 Å². The van der Waals surface area contributed by atoms with Crippen molar-refractivity contribution in [1.82, 2.24) is 15.3 Å². The Morgan fingerprint density at radius 2 is 2.21 bits per heavy atom. The fourth-order valence-corrected chi connectivity index (χ4v) is 2.92. The molecular formula is C15H25N3O. The molecule has 1 aliphatic carbocycles. The SMILES string of the molecule is Cc1ncc(C(C)NCC2CCCC(O)C2)c(C)n1. The number of nitrogens with zero attached hydrogens (tertiary/aromatic N) is 2. The van der Waals surface area contributed by atoms with Gasteiger partial charge >= 0.3 is 0 Å². The van der Waals surface area contributed by atoms with Crippen LogP contribution in [0.1, 0.15) is 55.7 Å². The van der Waals surface area contributed by atoms with Crippen LogP contribution in [0.5, 0.6) is 0 Å². The van der Waals surface area contributed by atoms with Gasteiger partial charge in [0.2, 0.25) is 0 Å². The first-order valence-corrected chi connectivity index (χ1v) is 7.28. The molecule has 1 fully saturated rings. The average molecular weight is 263 g/mol. The molecule has 1 aromatic rings. The van der Waals surface area contributed by atoms with Crippen molar-refractivity contribution in [3.05, 3.63) is 23.3 Å². The molecule has 0 radical (unpaired) electrons. The summed E-state index contributed by atoms with van der Waals surface area (Å²) in [5.41, 5.74) is 2.22. The molecule has 106 valence electrons.